The number of carbonyl (C=O) groups is 4. The van der Waals surface area contributed by atoms with Crippen LogP contribution in [0.3, 0.4) is 0 Å². The molecular weight excluding hydrogens is 440 g/mol. The first-order valence-electron chi connectivity index (χ1n) is 11.1. The summed E-state index contributed by atoms with van der Waals surface area (Å²) >= 11 is 1.29. The Kier molecular flexibility index (Phi) is 7.13. The van der Waals surface area contributed by atoms with Gasteiger partial charge in [0.1, 0.15) is 0 Å². The van der Waals surface area contributed by atoms with Crippen LogP contribution in [0.1, 0.15) is 63.2 Å². The average Bonchev–Trinajstić information content (AvgIpc) is 3.10. The lowest BCUT2D eigenvalue weighted by molar-refractivity contribution is -0.129. The van der Waals surface area contributed by atoms with Crippen molar-refractivity contribution in [2.24, 2.45) is 0 Å². The molecule has 0 saturated heterocycles. The van der Waals surface area contributed by atoms with Crippen LogP contribution in [-0.4, -0.2) is 59.1 Å². The average molecular weight is 467 g/mol. The molecule has 0 atom stereocenters. The maximum atomic E-state index is 12.8. The Morgan fingerprint density at radius 2 is 1.58 bits per heavy atom. The van der Waals surface area contributed by atoms with Gasteiger partial charge in [-0.2, -0.15) is 0 Å². The van der Waals surface area contributed by atoms with Gasteiger partial charge in [0.2, 0.25) is 5.91 Å². The van der Waals surface area contributed by atoms with E-state index in [1.807, 2.05) is 11.9 Å². The molecule has 2 aromatic carbocycles. The number of esters is 1. The predicted octanol–water partition coefficient (Wildman–Crippen LogP) is 3.98. The number of fused-ring (bicyclic) bond motifs is 1. The Morgan fingerprint density at radius 1 is 0.970 bits per heavy atom. The molecule has 33 heavy (non-hydrogen) atoms. The van der Waals surface area contributed by atoms with Crippen LogP contribution < -0.4 is 0 Å². The van der Waals surface area contributed by atoms with Gasteiger partial charge < -0.3 is 9.64 Å². The molecule has 172 valence electrons. The van der Waals surface area contributed by atoms with Crippen LogP contribution in [0.2, 0.25) is 0 Å². The number of nitrogens with zero attached hydrogens (tertiary/aromatic N) is 2. The number of imide groups is 1. The molecule has 1 aliphatic carbocycles. The van der Waals surface area contributed by atoms with Crippen LogP contribution in [0.15, 0.2) is 53.4 Å². The zero-order valence-electron chi connectivity index (χ0n) is 18.5. The Morgan fingerprint density at radius 3 is 2.24 bits per heavy atom. The first kappa shape index (κ1) is 23.0. The Balaban J connectivity index is 1.36. The van der Waals surface area contributed by atoms with Crippen molar-refractivity contribution in [3.05, 3.63) is 65.2 Å². The van der Waals surface area contributed by atoms with Gasteiger partial charge in [0.05, 0.1) is 22.4 Å². The third-order valence-electron chi connectivity index (χ3n) is 6.18. The normalized spacial score (nSPS) is 16.0. The van der Waals surface area contributed by atoms with Gasteiger partial charge in [-0.3, -0.25) is 14.4 Å². The SMILES string of the molecule is CN(C(=O)CSc1ccccc1C(=O)OCN1C(=O)c2ccccc2C1=O)C1CCCCC1. The fourth-order valence-corrected chi connectivity index (χ4v) is 5.20. The zero-order valence-corrected chi connectivity index (χ0v) is 19.3. The fourth-order valence-electron chi connectivity index (χ4n) is 4.23. The summed E-state index contributed by atoms with van der Waals surface area (Å²) < 4.78 is 5.31. The van der Waals surface area contributed by atoms with Gasteiger partial charge in [0.15, 0.2) is 6.73 Å². The van der Waals surface area contributed by atoms with Gasteiger partial charge in [0, 0.05) is 18.0 Å². The summed E-state index contributed by atoms with van der Waals surface area (Å²) in [6.45, 7) is -0.465. The Hall–Kier alpha value is -3.13. The smallest absolute Gasteiger partial charge is 0.341 e. The largest absolute Gasteiger partial charge is 0.440 e. The highest BCUT2D eigenvalue weighted by atomic mass is 32.2. The maximum absolute atomic E-state index is 12.8. The van der Waals surface area contributed by atoms with E-state index in [-0.39, 0.29) is 17.7 Å². The number of amides is 3. The quantitative estimate of drug-likeness (QED) is 0.349. The van der Waals surface area contributed by atoms with Crippen molar-refractivity contribution >= 4 is 35.5 Å². The lowest BCUT2D eigenvalue weighted by Crippen LogP contribution is -2.39. The second-order valence-corrected chi connectivity index (χ2v) is 9.24. The number of ether oxygens (including phenoxy) is 1. The highest BCUT2D eigenvalue weighted by molar-refractivity contribution is 8.00. The van der Waals surface area contributed by atoms with Gasteiger partial charge in [-0.25, -0.2) is 9.69 Å². The molecule has 0 bridgehead atoms. The fraction of sp³-hybridized carbons (Fsp3) is 0.360. The second-order valence-electron chi connectivity index (χ2n) is 8.23. The highest BCUT2D eigenvalue weighted by Crippen LogP contribution is 2.27. The minimum absolute atomic E-state index is 0.0288. The molecule has 0 aromatic heterocycles. The van der Waals surface area contributed by atoms with Crippen molar-refractivity contribution in [2.45, 2.75) is 43.0 Å². The molecule has 0 unspecified atom stereocenters. The topological polar surface area (TPSA) is 84.0 Å². The molecule has 0 spiro atoms. The van der Waals surface area contributed by atoms with E-state index in [1.54, 1.807) is 48.5 Å². The lowest BCUT2D eigenvalue weighted by atomic mass is 9.94. The van der Waals surface area contributed by atoms with Crippen molar-refractivity contribution in [1.29, 1.82) is 0 Å². The number of carbonyl (C=O) groups excluding carboxylic acids is 4. The standard InChI is InChI=1S/C25H26N2O5S/c1-26(17-9-3-2-4-10-17)22(28)15-33-21-14-8-7-13-20(21)25(31)32-16-27-23(29)18-11-5-6-12-19(18)24(27)30/h5-8,11-14,17H,2-4,9-10,15-16H2,1H3. The summed E-state index contributed by atoms with van der Waals surface area (Å²) in [5, 5.41) is 0. The predicted molar refractivity (Wildman–Crippen MR) is 124 cm³/mol. The third kappa shape index (κ3) is 4.95. The summed E-state index contributed by atoms with van der Waals surface area (Å²) in [6, 6.07) is 13.7. The summed E-state index contributed by atoms with van der Waals surface area (Å²) in [6.07, 6.45) is 5.60. The summed E-state index contributed by atoms with van der Waals surface area (Å²) in [5.41, 5.74) is 0.900. The first-order valence-corrected chi connectivity index (χ1v) is 12.1. The van der Waals surface area contributed by atoms with Crippen LogP contribution >= 0.6 is 11.8 Å². The molecule has 0 N–H and O–H groups in total. The summed E-state index contributed by atoms with van der Waals surface area (Å²) in [5.74, 6) is -1.37. The van der Waals surface area contributed by atoms with Gasteiger partial charge in [-0.15, -0.1) is 11.8 Å². The lowest BCUT2D eigenvalue weighted by Gasteiger charge is -2.31. The van der Waals surface area contributed by atoms with Crippen LogP contribution in [0.4, 0.5) is 0 Å². The van der Waals surface area contributed by atoms with Gasteiger partial charge in [0.25, 0.3) is 11.8 Å². The van der Waals surface area contributed by atoms with Crippen LogP contribution in [-0.2, 0) is 9.53 Å². The molecule has 1 fully saturated rings. The van der Waals surface area contributed by atoms with Crippen molar-refractivity contribution in [1.82, 2.24) is 9.80 Å². The first-order chi connectivity index (χ1) is 16.0. The van der Waals surface area contributed by atoms with Crippen LogP contribution in [0.25, 0.3) is 0 Å². The van der Waals surface area contributed by atoms with Gasteiger partial charge in [-0.1, -0.05) is 43.5 Å². The van der Waals surface area contributed by atoms with E-state index in [0.29, 0.717) is 21.6 Å². The van der Waals surface area contributed by atoms with E-state index in [0.717, 1.165) is 30.6 Å². The van der Waals surface area contributed by atoms with E-state index >= 15 is 0 Å². The molecular formula is C25H26N2O5S. The summed E-state index contributed by atoms with van der Waals surface area (Å²) in [4.78, 5) is 53.7. The maximum Gasteiger partial charge on any atom is 0.341 e. The monoisotopic (exact) mass is 466 g/mol. The number of thioether (sulfide) groups is 1. The Labute approximate surface area is 197 Å². The highest BCUT2D eigenvalue weighted by Gasteiger charge is 2.36. The van der Waals surface area contributed by atoms with Gasteiger partial charge in [-0.05, 0) is 37.1 Å². The summed E-state index contributed by atoms with van der Waals surface area (Å²) in [7, 11) is 1.85. The molecule has 1 aliphatic heterocycles. The minimum atomic E-state index is -0.650. The van der Waals surface area contributed by atoms with E-state index in [1.165, 1.54) is 18.2 Å². The molecule has 4 rings (SSSR count). The number of hydrogen-bond donors (Lipinski definition) is 0. The van der Waals surface area contributed by atoms with Crippen molar-refractivity contribution in [3.63, 3.8) is 0 Å². The van der Waals surface area contributed by atoms with E-state index < -0.39 is 24.5 Å². The molecule has 2 aromatic rings. The van der Waals surface area contributed by atoms with E-state index in [4.69, 9.17) is 4.74 Å². The molecule has 8 heteroatoms. The number of benzene rings is 2. The van der Waals surface area contributed by atoms with Gasteiger partial charge >= 0.3 is 5.97 Å². The van der Waals surface area contributed by atoms with Crippen molar-refractivity contribution in [2.75, 3.05) is 19.5 Å². The molecule has 1 saturated carbocycles. The molecule has 3 amide bonds. The molecule has 2 aliphatic rings. The Bertz CT molecular complexity index is 1040. The van der Waals surface area contributed by atoms with Crippen molar-refractivity contribution < 1.29 is 23.9 Å². The second kappa shape index (κ2) is 10.2. The third-order valence-corrected chi connectivity index (χ3v) is 7.24. The van der Waals surface area contributed by atoms with Crippen LogP contribution in [0, 0.1) is 0 Å². The molecule has 0 radical (unpaired) electrons. The molecule has 1 heterocycles. The van der Waals surface area contributed by atoms with Crippen molar-refractivity contribution in [3.8, 4) is 0 Å². The zero-order chi connectivity index (χ0) is 23.4. The van der Waals surface area contributed by atoms with E-state index in [2.05, 4.69) is 0 Å². The minimum Gasteiger partial charge on any atom is -0.440 e. The number of rotatable bonds is 7. The van der Waals surface area contributed by atoms with Crippen LogP contribution in [0.5, 0.6) is 0 Å². The van der Waals surface area contributed by atoms with E-state index in [9.17, 15) is 19.2 Å². The number of hydrogen-bond acceptors (Lipinski definition) is 6. The molecule has 7 nitrogen and oxygen atoms in total.